The molecule has 7 aromatic carbocycles. The number of benzene rings is 7. The topological polar surface area (TPSA) is 35.0 Å². The van der Waals surface area contributed by atoms with Crippen LogP contribution < -0.4 is 4.74 Å². The quantitative estimate of drug-likeness (QED) is 0.167. The van der Waals surface area contributed by atoms with Gasteiger partial charge in [0.05, 0.1) is 22.2 Å². The van der Waals surface area contributed by atoms with Crippen molar-refractivity contribution >= 4 is 31.5 Å². The van der Waals surface area contributed by atoms with Gasteiger partial charge in [-0.1, -0.05) is 133 Å². The van der Waals surface area contributed by atoms with Gasteiger partial charge in [-0.15, -0.1) is 11.3 Å². The second-order valence-corrected chi connectivity index (χ2v) is 17.0. The van der Waals surface area contributed by atoms with Gasteiger partial charge in [-0.25, -0.2) is 0 Å². The first-order valence-electron chi connectivity index (χ1n) is 19.9. The third-order valence-electron chi connectivity index (χ3n) is 13.5. The van der Waals surface area contributed by atoms with Gasteiger partial charge >= 0.3 is 0 Å². The first kappa shape index (κ1) is 31.0. The molecule has 0 amide bonds. The van der Waals surface area contributed by atoms with Crippen LogP contribution in [0.3, 0.4) is 0 Å². The van der Waals surface area contributed by atoms with Crippen LogP contribution in [0.2, 0.25) is 0 Å². The Balaban J connectivity index is 1.10. The summed E-state index contributed by atoms with van der Waals surface area (Å²) >= 11 is 1.85. The van der Waals surface area contributed by atoms with E-state index in [2.05, 4.69) is 176 Å². The van der Waals surface area contributed by atoms with E-state index >= 15 is 0 Å². The van der Waals surface area contributed by atoms with Crippen molar-refractivity contribution in [2.75, 3.05) is 0 Å². The molecule has 0 fully saturated rings. The summed E-state index contributed by atoms with van der Waals surface area (Å²) in [4.78, 5) is 10.4. The molecule has 2 spiro atoms. The summed E-state index contributed by atoms with van der Waals surface area (Å²) in [6, 6.07) is 62.6. The third-order valence-corrected chi connectivity index (χ3v) is 14.7. The molecule has 3 aromatic heterocycles. The van der Waals surface area contributed by atoms with Gasteiger partial charge in [-0.3, -0.25) is 9.97 Å². The van der Waals surface area contributed by atoms with Crippen molar-refractivity contribution in [1.82, 2.24) is 9.97 Å². The van der Waals surface area contributed by atoms with Crippen molar-refractivity contribution in [3.05, 3.63) is 227 Å². The van der Waals surface area contributed by atoms with Crippen LogP contribution in [0.5, 0.6) is 11.5 Å². The Bertz CT molecular complexity index is 3420. The Morgan fingerprint density at radius 3 is 1.79 bits per heavy atom. The molecule has 4 heteroatoms. The second kappa shape index (κ2) is 10.8. The van der Waals surface area contributed by atoms with E-state index in [4.69, 9.17) is 14.7 Å². The number of nitrogens with zero attached hydrogens (tertiary/aromatic N) is 2. The predicted molar refractivity (Wildman–Crippen MR) is 234 cm³/mol. The average Bonchev–Trinajstić information content (AvgIpc) is 3.99. The Morgan fingerprint density at radius 1 is 0.397 bits per heavy atom. The maximum atomic E-state index is 7.16. The number of pyridine rings is 2. The lowest BCUT2D eigenvalue weighted by Crippen LogP contribution is -2.33. The van der Waals surface area contributed by atoms with Crippen molar-refractivity contribution in [2.45, 2.75) is 10.8 Å². The molecule has 4 aliphatic rings. The molecule has 1 aliphatic heterocycles. The summed E-state index contributed by atoms with van der Waals surface area (Å²) in [6.45, 7) is 0. The van der Waals surface area contributed by atoms with E-state index in [1.54, 1.807) is 0 Å². The Morgan fingerprint density at radius 2 is 1.00 bits per heavy atom. The van der Waals surface area contributed by atoms with Crippen LogP contribution in [0.15, 0.2) is 182 Å². The predicted octanol–water partition coefficient (Wildman–Crippen LogP) is 13.3. The zero-order chi connectivity index (χ0) is 37.7. The van der Waals surface area contributed by atoms with Gasteiger partial charge in [0.15, 0.2) is 0 Å². The van der Waals surface area contributed by atoms with Crippen LogP contribution in [0.25, 0.3) is 64.9 Å². The normalized spacial score (nSPS) is 16.6. The lowest BCUT2D eigenvalue weighted by molar-refractivity contribution is 0.435. The van der Waals surface area contributed by atoms with Crippen molar-refractivity contribution < 1.29 is 4.74 Å². The minimum atomic E-state index is -0.731. The molecule has 0 bridgehead atoms. The van der Waals surface area contributed by atoms with E-state index in [-0.39, 0.29) is 0 Å². The molecule has 0 radical (unpaired) electrons. The monoisotopic (exact) mass is 754 g/mol. The highest BCUT2D eigenvalue weighted by Crippen LogP contribution is 2.67. The molecule has 3 aliphatic carbocycles. The molecule has 0 saturated carbocycles. The maximum Gasteiger partial charge on any atom is 0.132 e. The van der Waals surface area contributed by atoms with Crippen LogP contribution in [0.4, 0.5) is 0 Å². The SMILES string of the molecule is c1ccc2c(c1)Oc1cc3c(cc1C21c2cccnc2-c2ncc(-c4cccc5c4sc4ccccc45)cc21)-c1ccccc1C31c2ccccc2-c2ccccc21. The standard InChI is InChI=1S/C54H30N2OS/c1-5-19-39-33(13-1)34-14-2-6-20-40(34)53(39)41-21-7-3-15-35(41)38-28-45-48(29-44(38)53)57-47-24-9-8-22-42(47)54(45)43-23-12-26-55-50(43)51-46(54)27-31(30-56-51)32-17-11-18-37-36-16-4-10-25-49(36)58-52(32)37/h1-30H. The Labute approximate surface area is 338 Å². The van der Waals surface area contributed by atoms with Crippen LogP contribution >= 0.6 is 11.3 Å². The lowest BCUT2D eigenvalue weighted by atomic mass is 9.65. The molecule has 14 rings (SSSR count). The average molecular weight is 755 g/mol. The minimum absolute atomic E-state index is 0.480. The number of rotatable bonds is 1. The Hall–Kier alpha value is -7.14. The van der Waals surface area contributed by atoms with E-state index in [0.29, 0.717) is 0 Å². The van der Waals surface area contributed by atoms with Gasteiger partial charge in [-0.05, 0) is 86.5 Å². The molecule has 58 heavy (non-hydrogen) atoms. The number of para-hydroxylation sites is 1. The highest BCUT2D eigenvalue weighted by atomic mass is 32.1. The molecule has 0 saturated heterocycles. The zero-order valence-electron chi connectivity index (χ0n) is 31.0. The summed E-state index contributed by atoms with van der Waals surface area (Å²) in [7, 11) is 0. The van der Waals surface area contributed by atoms with E-state index in [1.165, 1.54) is 70.2 Å². The number of hydrogen-bond donors (Lipinski definition) is 0. The number of thiophene rings is 1. The number of aromatic nitrogens is 2. The van der Waals surface area contributed by atoms with Gasteiger partial charge < -0.3 is 4.74 Å². The fraction of sp³-hybridized carbons (Fsp3) is 0.0370. The van der Waals surface area contributed by atoms with Gasteiger partial charge in [0, 0.05) is 60.4 Å². The zero-order valence-corrected chi connectivity index (χ0v) is 31.8. The van der Waals surface area contributed by atoms with E-state index < -0.39 is 10.8 Å². The maximum absolute atomic E-state index is 7.16. The minimum Gasteiger partial charge on any atom is -0.457 e. The van der Waals surface area contributed by atoms with Gasteiger partial charge in [0.2, 0.25) is 0 Å². The van der Waals surface area contributed by atoms with Crippen LogP contribution in [0.1, 0.15) is 44.5 Å². The first-order valence-corrected chi connectivity index (χ1v) is 20.7. The molecule has 1 atom stereocenters. The van der Waals surface area contributed by atoms with E-state index in [9.17, 15) is 0 Å². The number of ether oxygens (including phenoxy) is 1. The Kier molecular flexibility index (Phi) is 5.79. The molecule has 1 unspecified atom stereocenters. The molecule has 3 nitrogen and oxygen atoms in total. The smallest absolute Gasteiger partial charge is 0.132 e. The summed E-state index contributed by atoms with van der Waals surface area (Å²) in [5, 5.41) is 2.57. The summed E-state index contributed by atoms with van der Waals surface area (Å²) < 4.78 is 9.73. The van der Waals surface area contributed by atoms with Crippen molar-refractivity contribution in [3.8, 4) is 56.3 Å². The van der Waals surface area contributed by atoms with Crippen LogP contribution in [-0.2, 0) is 10.8 Å². The first-order chi connectivity index (χ1) is 28.8. The van der Waals surface area contributed by atoms with Crippen molar-refractivity contribution in [3.63, 3.8) is 0 Å². The lowest BCUT2D eigenvalue weighted by Gasteiger charge is -2.40. The van der Waals surface area contributed by atoms with Gasteiger partial charge in [0.25, 0.3) is 0 Å². The second-order valence-electron chi connectivity index (χ2n) is 15.9. The highest BCUT2D eigenvalue weighted by molar-refractivity contribution is 7.26. The molecule has 4 heterocycles. The molecule has 0 N–H and O–H groups in total. The largest absolute Gasteiger partial charge is 0.457 e. The van der Waals surface area contributed by atoms with Crippen LogP contribution in [0, 0.1) is 0 Å². The van der Waals surface area contributed by atoms with Crippen molar-refractivity contribution in [2.24, 2.45) is 0 Å². The number of fused-ring (bicyclic) bond motifs is 22. The molecular weight excluding hydrogens is 725 g/mol. The van der Waals surface area contributed by atoms with Gasteiger partial charge in [0.1, 0.15) is 11.5 Å². The summed E-state index contributed by atoms with van der Waals surface area (Å²) in [6.07, 6.45) is 3.96. The fourth-order valence-electron chi connectivity index (χ4n) is 11.3. The number of hydrogen-bond acceptors (Lipinski definition) is 4. The van der Waals surface area contributed by atoms with E-state index in [0.717, 1.165) is 50.7 Å². The van der Waals surface area contributed by atoms with E-state index in [1.807, 2.05) is 17.5 Å². The highest BCUT2D eigenvalue weighted by Gasteiger charge is 2.56. The fourth-order valence-corrected chi connectivity index (χ4v) is 12.5. The summed E-state index contributed by atoms with van der Waals surface area (Å²) in [5.74, 6) is 1.72. The molecule has 268 valence electrons. The third kappa shape index (κ3) is 3.54. The van der Waals surface area contributed by atoms with Crippen LogP contribution in [-0.4, -0.2) is 9.97 Å². The summed E-state index contributed by atoms with van der Waals surface area (Å²) in [5.41, 5.74) is 17.7. The molecule has 10 aromatic rings. The van der Waals surface area contributed by atoms with Crippen molar-refractivity contribution in [1.29, 1.82) is 0 Å². The molecular formula is C54H30N2OS. The van der Waals surface area contributed by atoms with Gasteiger partial charge in [-0.2, -0.15) is 0 Å².